The minimum atomic E-state index is -3.02. The number of nitrogens with zero attached hydrogens (tertiary/aromatic N) is 1. The van der Waals surface area contributed by atoms with Gasteiger partial charge < -0.3 is 14.8 Å². The molecule has 0 saturated heterocycles. The molecule has 2 rings (SSSR count). The number of nitriles is 1. The fourth-order valence-corrected chi connectivity index (χ4v) is 2.35. The van der Waals surface area contributed by atoms with Crippen LogP contribution in [-0.2, 0) is 11.2 Å². The highest BCUT2D eigenvalue weighted by Crippen LogP contribution is 2.30. The maximum absolute atomic E-state index is 12.5. The molecule has 0 unspecified atom stereocenters. The minimum absolute atomic E-state index is 0.123. The zero-order chi connectivity index (χ0) is 19.6. The van der Waals surface area contributed by atoms with Crippen LogP contribution in [0.5, 0.6) is 11.5 Å². The Hall–Kier alpha value is -3.40. The maximum Gasteiger partial charge on any atom is 0.387 e. The summed E-state index contributed by atoms with van der Waals surface area (Å²) in [6, 6.07) is 15.6. The van der Waals surface area contributed by atoms with Crippen LogP contribution < -0.4 is 14.8 Å². The minimum Gasteiger partial charge on any atom is -0.493 e. The van der Waals surface area contributed by atoms with Gasteiger partial charge in [0.1, 0.15) is 11.6 Å². The van der Waals surface area contributed by atoms with E-state index in [1.165, 1.54) is 31.4 Å². The van der Waals surface area contributed by atoms with Crippen LogP contribution in [0.1, 0.15) is 11.1 Å². The van der Waals surface area contributed by atoms with Crippen molar-refractivity contribution < 1.29 is 23.0 Å². The van der Waals surface area contributed by atoms with Gasteiger partial charge in [-0.1, -0.05) is 36.4 Å². The predicted molar refractivity (Wildman–Crippen MR) is 96.4 cm³/mol. The molecule has 0 heterocycles. The molecule has 0 spiro atoms. The third-order valence-corrected chi connectivity index (χ3v) is 3.62. The number of hydrogen-bond donors (Lipinski definition) is 1. The smallest absolute Gasteiger partial charge is 0.387 e. The molecule has 0 saturated carbocycles. The fourth-order valence-electron chi connectivity index (χ4n) is 2.35. The molecular formula is C20H18F2N2O3. The van der Waals surface area contributed by atoms with Crippen molar-refractivity contribution in [2.24, 2.45) is 0 Å². The molecular weight excluding hydrogens is 354 g/mol. The lowest BCUT2D eigenvalue weighted by Gasteiger charge is -2.10. The van der Waals surface area contributed by atoms with Crippen LogP contribution in [0.3, 0.4) is 0 Å². The van der Waals surface area contributed by atoms with Crippen molar-refractivity contribution >= 4 is 12.0 Å². The molecule has 2 aromatic carbocycles. The van der Waals surface area contributed by atoms with Crippen LogP contribution in [-0.4, -0.2) is 26.2 Å². The van der Waals surface area contributed by atoms with Crippen molar-refractivity contribution in [3.63, 3.8) is 0 Å². The zero-order valence-corrected chi connectivity index (χ0v) is 14.6. The third kappa shape index (κ3) is 6.12. The normalized spacial score (nSPS) is 11.0. The van der Waals surface area contributed by atoms with E-state index in [1.807, 2.05) is 36.4 Å². The van der Waals surface area contributed by atoms with E-state index >= 15 is 0 Å². The summed E-state index contributed by atoms with van der Waals surface area (Å²) in [5, 5.41) is 11.9. The number of hydrogen-bond acceptors (Lipinski definition) is 4. The van der Waals surface area contributed by atoms with Gasteiger partial charge in [0.25, 0.3) is 5.91 Å². The van der Waals surface area contributed by atoms with Crippen molar-refractivity contribution in [1.82, 2.24) is 5.32 Å². The van der Waals surface area contributed by atoms with Gasteiger partial charge in [-0.25, -0.2) is 0 Å². The van der Waals surface area contributed by atoms with Gasteiger partial charge in [0, 0.05) is 6.54 Å². The number of ether oxygens (including phenoxy) is 2. The first-order valence-electron chi connectivity index (χ1n) is 8.10. The monoisotopic (exact) mass is 372 g/mol. The Balaban J connectivity index is 2.08. The summed E-state index contributed by atoms with van der Waals surface area (Å²) in [5.74, 6) is -0.595. The first-order valence-corrected chi connectivity index (χ1v) is 8.10. The number of amides is 1. The number of halogens is 2. The highest BCUT2D eigenvalue weighted by Gasteiger charge is 2.13. The van der Waals surface area contributed by atoms with E-state index in [-0.39, 0.29) is 17.1 Å². The average molecular weight is 372 g/mol. The second-order valence-corrected chi connectivity index (χ2v) is 5.45. The van der Waals surface area contributed by atoms with Crippen LogP contribution in [0.2, 0.25) is 0 Å². The van der Waals surface area contributed by atoms with E-state index in [1.54, 1.807) is 0 Å². The molecule has 2 aromatic rings. The lowest BCUT2D eigenvalue weighted by atomic mass is 10.1. The first-order chi connectivity index (χ1) is 13.0. The van der Waals surface area contributed by atoms with Gasteiger partial charge in [-0.3, -0.25) is 4.79 Å². The molecule has 1 N–H and O–H groups in total. The molecule has 5 nitrogen and oxygen atoms in total. The summed E-state index contributed by atoms with van der Waals surface area (Å²) in [6.07, 6.45) is 1.93. The highest BCUT2D eigenvalue weighted by atomic mass is 19.3. The number of rotatable bonds is 8. The number of carbonyl (C=O) groups excluding carboxylic acids is 1. The van der Waals surface area contributed by atoms with Crippen molar-refractivity contribution in [3.8, 4) is 17.6 Å². The number of nitrogens with one attached hydrogen (secondary N) is 1. The van der Waals surface area contributed by atoms with E-state index in [9.17, 15) is 18.8 Å². The van der Waals surface area contributed by atoms with Crippen LogP contribution in [0.25, 0.3) is 6.08 Å². The van der Waals surface area contributed by atoms with Crippen molar-refractivity contribution in [2.75, 3.05) is 13.7 Å². The van der Waals surface area contributed by atoms with E-state index in [0.29, 0.717) is 18.5 Å². The van der Waals surface area contributed by atoms with Crippen molar-refractivity contribution in [2.45, 2.75) is 13.0 Å². The molecule has 140 valence electrons. The summed E-state index contributed by atoms with van der Waals surface area (Å²) in [4.78, 5) is 12.2. The number of carbonyl (C=O) groups is 1. The largest absolute Gasteiger partial charge is 0.493 e. The lowest BCUT2D eigenvalue weighted by molar-refractivity contribution is -0.117. The van der Waals surface area contributed by atoms with Gasteiger partial charge >= 0.3 is 6.61 Å². The summed E-state index contributed by atoms with van der Waals surface area (Å²) in [6.45, 7) is -2.65. The maximum atomic E-state index is 12.5. The Morgan fingerprint density at radius 1 is 1.22 bits per heavy atom. The molecule has 0 radical (unpaired) electrons. The molecule has 0 aliphatic heterocycles. The van der Waals surface area contributed by atoms with Gasteiger partial charge in [0.2, 0.25) is 0 Å². The average Bonchev–Trinajstić information content (AvgIpc) is 2.66. The van der Waals surface area contributed by atoms with Crippen molar-refractivity contribution in [3.05, 3.63) is 65.2 Å². The van der Waals surface area contributed by atoms with Gasteiger partial charge in [-0.15, -0.1) is 0 Å². The van der Waals surface area contributed by atoms with E-state index in [0.717, 1.165) is 5.56 Å². The zero-order valence-electron chi connectivity index (χ0n) is 14.6. The van der Waals surface area contributed by atoms with Gasteiger partial charge in [0.05, 0.1) is 7.11 Å². The Kier molecular flexibility index (Phi) is 7.32. The first kappa shape index (κ1) is 19.9. The summed E-state index contributed by atoms with van der Waals surface area (Å²) in [5.41, 5.74) is 1.28. The van der Waals surface area contributed by atoms with Crippen molar-refractivity contribution in [1.29, 1.82) is 5.26 Å². The number of alkyl halides is 2. The van der Waals surface area contributed by atoms with Gasteiger partial charge in [0.15, 0.2) is 11.5 Å². The highest BCUT2D eigenvalue weighted by molar-refractivity contribution is 6.01. The number of methoxy groups -OCH3 is 1. The fraction of sp³-hybridized carbons (Fsp3) is 0.200. The second kappa shape index (κ2) is 9.92. The Labute approximate surface area is 155 Å². The SMILES string of the molecule is COc1ccc(/C=C(\C#N)C(=O)NCCc2ccccc2)cc1OC(F)F. The van der Waals surface area contributed by atoms with Crippen LogP contribution in [0, 0.1) is 11.3 Å². The molecule has 0 atom stereocenters. The molecule has 0 aliphatic carbocycles. The molecule has 1 amide bonds. The Bertz CT molecular complexity index is 846. The Morgan fingerprint density at radius 3 is 2.59 bits per heavy atom. The molecule has 7 heteroatoms. The number of benzene rings is 2. The second-order valence-electron chi connectivity index (χ2n) is 5.45. The van der Waals surface area contributed by atoms with Crippen LogP contribution in [0.15, 0.2) is 54.1 Å². The molecule has 0 aliphatic rings. The topological polar surface area (TPSA) is 71.3 Å². The third-order valence-electron chi connectivity index (χ3n) is 3.62. The van der Waals surface area contributed by atoms with Crippen LogP contribution in [0.4, 0.5) is 8.78 Å². The van der Waals surface area contributed by atoms with Gasteiger partial charge in [-0.05, 0) is 35.8 Å². The van der Waals surface area contributed by atoms with Gasteiger partial charge in [-0.2, -0.15) is 14.0 Å². The molecule has 27 heavy (non-hydrogen) atoms. The lowest BCUT2D eigenvalue weighted by Crippen LogP contribution is -2.26. The van der Waals surface area contributed by atoms with E-state index < -0.39 is 12.5 Å². The predicted octanol–water partition coefficient (Wildman–Crippen LogP) is 3.56. The van der Waals surface area contributed by atoms with E-state index in [2.05, 4.69) is 10.1 Å². The molecule has 0 bridgehead atoms. The summed E-state index contributed by atoms with van der Waals surface area (Å²) < 4.78 is 34.3. The molecule has 0 fully saturated rings. The van der Waals surface area contributed by atoms with Crippen LogP contribution >= 0.6 is 0 Å². The summed E-state index contributed by atoms with van der Waals surface area (Å²) >= 11 is 0. The molecule has 0 aromatic heterocycles. The van der Waals surface area contributed by atoms with E-state index in [4.69, 9.17) is 4.74 Å². The quantitative estimate of drug-likeness (QED) is 0.568. The standard InChI is InChI=1S/C20H18F2N2O3/c1-26-17-8-7-15(12-18(17)27-20(21)22)11-16(13-23)19(25)24-10-9-14-5-3-2-4-6-14/h2-8,11-12,20H,9-10H2,1H3,(H,24,25)/b16-11+. The summed E-state index contributed by atoms with van der Waals surface area (Å²) in [7, 11) is 1.32. The Morgan fingerprint density at radius 2 is 1.96 bits per heavy atom.